The summed E-state index contributed by atoms with van der Waals surface area (Å²) in [5.41, 5.74) is 0. The highest BCUT2D eigenvalue weighted by Crippen LogP contribution is 2.58. The first-order valence-corrected chi connectivity index (χ1v) is 8.79. The molecule has 0 radical (unpaired) electrons. The van der Waals surface area contributed by atoms with Crippen molar-refractivity contribution in [2.75, 3.05) is 13.1 Å². The van der Waals surface area contributed by atoms with Gasteiger partial charge < -0.3 is 10.2 Å². The van der Waals surface area contributed by atoms with Gasteiger partial charge in [0.15, 0.2) is 0 Å². The van der Waals surface area contributed by atoms with Gasteiger partial charge in [0.2, 0.25) is 11.8 Å². The molecule has 1 heterocycles. The highest BCUT2D eigenvalue weighted by molar-refractivity contribution is 5.85. The van der Waals surface area contributed by atoms with Gasteiger partial charge in [0.1, 0.15) is 0 Å². The Morgan fingerprint density at radius 3 is 2.81 bits per heavy atom. The van der Waals surface area contributed by atoms with Crippen LogP contribution in [-0.2, 0) is 9.59 Å². The van der Waals surface area contributed by atoms with Crippen LogP contribution < -0.4 is 5.32 Å². The molecule has 4 nitrogen and oxygen atoms in total. The maximum absolute atomic E-state index is 12.3. The van der Waals surface area contributed by atoms with Crippen molar-refractivity contribution in [2.45, 2.75) is 57.4 Å². The lowest BCUT2D eigenvalue weighted by Gasteiger charge is -2.33. The van der Waals surface area contributed by atoms with Crippen LogP contribution in [0, 0.1) is 23.7 Å². The molecule has 0 unspecified atom stereocenters. The summed E-state index contributed by atoms with van der Waals surface area (Å²) >= 11 is 0. The van der Waals surface area contributed by atoms with Crippen molar-refractivity contribution in [1.29, 1.82) is 0 Å². The molecule has 2 amide bonds. The molecule has 3 aliphatic carbocycles. The van der Waals surface area contributed by atoms with E-state index in [1.807, 2.05) is 0 Å². The summed E-state index contributed by atoms with van der Waals surface area (Å²) < 4.78 is 0. The summed E-state index contributed by atoms with van der Waals surface area (Å²) in [5.74, 6) is 3.66. The number of carbonyl (C=O) groups excluding carboxylic acids is 2. The van der Waals surface area contributed by atoms with E-state index in [1.54, 1.807) is 4.90 Å². The van der Waals surface area contributed by atoms with Crippen molar-refractivity contribution in [1.82, 2.24) is 10.2 Å². The fraction of sp³-hybridized carbons (Fsp3) is 0.882. The van der Waals surface area contributed by atoms with E-state index >= 15 is 0 Å². The number of likely N-dealkylation sites (tertiary alicyclic amines) is 1. The Morgan fingerprint density at radius 1 is 1.10 bits per heavy atom. The Balaban J connectivity index is 1.32. The highest BCUT2D eigenvalue weighted by Gasteiger charge is 2.54. The summed E-state index contributed by atoms with van der Waals surface area (Å²) in [7, 11) is 0. The summed E-state index contributed by atoms with van der Waals surface area (Å²) in [6.07, 6.45) is 9.35. The van der Waals surface area contributed by atoms with Gasteiger partial charge in [0.05, 0.1) is 6.54 Å². The van der Waals surface area contributed by atoms with Crippen molar-refractivity contribution >= 4 is 11.8 Å². The fourth-order valence-electron chi connectivity index (χ4n) is 5.69. The van der Waals surface area contributed by atoms with Gasteiger partial charge in [-0.15, -0.1) is 0 Å². The Bertz CT molecular complexity index is 450. The van der Waals surface area contributed by atoms with Crippen LogP contribution in [0.25, 0.3) is 0 Å². The van der Waals surface area contributed by atoms with Crippen LogP contribution in [0.1, 0.15) is 51.4 Å². The van der Waals surface area contributed by atoms with E-state index in [9.17, 15) is 9.59 Å². The van der Waals surface area contributed by atoms with Gasteiger partial charge >= 0.3 is 0 Å². The molecule has 0 aromatic rings. The first-order valence-electron chi connectivity index (χ1n) is 8.79. The number of fused-ring (bicyclic) bond motifs is 5. The third-order valence-electron chi connectivity index (χ3n) is 6.53. The number of hydrogen-bond donors (Lipinski definition) is 1. The number of amides is 2. The zero-order chi connectivity index (χ0) is 14.4. The van der Waals surface area contributed by atoms with Gasteiger partial charge in [0, 0.05) is 19.0 Å². The van der Waals surface area contributed by atoms with E-state index in [-0.39, 0.29) is 18.4 Å². The van der Waals surface area contributed by atoms with Gasteiger partial charge in [-0.3, -0.25) is 9.59 Å². The molecule has 4 heteroatoms. The van der Waals surface area contributed by atoms with E-state index < -0.39 is 0 Å². The monoisotopic (exact) mass is 290 g/mol. The fourth-order valence-corrected chi connectivity index (χ4v) is 5.69. The minimum atomic E-state index is 0.0670. The summed E-state index contributed by atoms with van der Waals surface area (Å²) in [5, 5.41) is 3.26. The van der Waals surface area contributed by atoms with Crippen molar-refractivity contribution in [3.63, 3.8) is 0 Å². The van der Waals surface area contributed by atoms with Crippen LogP contribution in [0.2, 0.25) is 0 Å². The number of nitrogens with zero attached hydrogens (tertiary/aromatic N) is 1. The van der Waals surface area contributed by atoms with Crippen LogP contribution in [0.4, 0.5) is 0 Å². The molecule has 0 aromatic heterocycles. The van der Waals surface area contributed by atoms with Crippen molar-refractivity contribution in [3.05, 3.63) is 0 Å². The lowest BCUT2D eigenvalue weighted by molar-refractivity contribution is -0.138. The normalized spacial score (nSPS) is 41.4. The molecule has 21 heavy (non-hydrogen) atoms. The van der Waals surface area contributed by atoms with Crippen LogP contribution >= 0.6 is 0 Å². The molecule has 116 valence electrons. The Morgan fingerprint density at radius 2 is 1.95 bits per heavy atom. The van der Waals surface area contributed by atoms with Gasteiger partial charge in [0.25, 0.3) is 0 Å². The lowest BCUT2D eigenvalue weighted by atomic mass is 9.79. The third-order valence-corrected chi connectivity index (χ3v) is 6.53. The maximum Gasteiger partial charge on any atom is 0.239 e. The maximum atomic E-state index is 12.3. The standard InChI is InChI=1S/C17H26N2O2/c20-16(10-19-7-2-1-6-17(19)21)18-15-9-11-8-14(15)13-5-3-4-12(11)13/h11-15H,1-10H2,(H,18,20)/t11-,12+,13+,14+,15-/m1/s1. The van der Waals surface area contributed by atoms with Crippen LogP contribution in [0.5, 0.6) is 0 Å². The molecule has 4 rings (SSSR count). The smallest absolute Gasteiger partial charge is 0.239 e. The second-order valence-electron chi connectivity index (χ2n) is 7.60. The first-order chi connectivity index (χ1) is 10.2. The second-order valence-corrected chi connectivity index (χ2v) is 7.60. The zero-order valence-electron chi connectivity index (χ0n) is 12.7. The summed E-state index contributed by atoms with van der Waals surface area (Å²) in [4.78, 5) is 25.8. The number of rotatable bonds is 3. The molecule has 4 aliphatic rings. The topological polar surface area (TPSA) is 49.4 Å². The Hall–Kier alpha value is -1.06. The Kier molecular flexibility index (Phi) is 3.43. The van der Waals surface area contributed by atoms with E-state index in [2.05, 4.69) is 5.32 Å². The van der Waals surface area contributed by atoms with Gasteiger partial charge in [-0.1, -0.05) is 6.42 Å². The number of nitrogens with one attached hydrogen (secondary N) is 1. The van der Waals surface area contributed by atoms with Crippen molar-refractivity contribution in [3.8, 4) is 0 Å². The predicted octanol–water partition coefficient (Wildman–Crippen LogP) is 1.94. The Labute approximate surface area is 126 Å². The average molecular weight is 290 g/mol. The van der Waals surface area contributed by atoms with Crippen LogP contribution in [-0.4, -0.2) is 35.8 Å². The molecule has 1 saturated heterocycles. The minimum absolute atomic E-state index is 0.0670. The summed E-state index contributed by atoms with van der Waals surface area (Å²) in [6.45, 7) is 1.04. The van der Waals surface area contributed by atoms with Crippen LogP contribution in [0.3, 0.4) is 0 Å². The molecular weight excluding hydrogens is 264 g/mol. The molecule has 1 N–H and O–H groups in total. The molecule has 0 spiro atoms. The first kappa shape index (κ1) is 13.6. The minimum Gasteiger partial charge on any atom is -0.352 e. The molecule has 5 atom stereocenters. The summed E-state index contributed by atoms with van der Waals surface area (Å²) in [6, 6.07) is 0.391. The predicted molar refractivity (Wildman–Crippen MR) is 79.4 cm³/mol. The quantitative estimate of drug-likeness (QED) is 0.863. The lowest BCUT2D eigenvalue weighted by Crippen LogP contribution is -2.48. The van der Waals surface area contributed by atoms with E-state index in [0.29, 0.717) is 12.5 Å². The molecule has 1 aliphatic heterocycles. The van der Waals surface area contributed by atoms with Crippen molar-refractivity contribution < 1.29 is 9.59 Å². The number of carbonyl (C=O) groups is 2. The van der Waals surface area contributed by atoms with E-state index in [4.69, 9.17) is 0 Å². The van der Waals surface area contributed by atoms with Gasteiger partial charge in [-0.2, -0.15) is 0 Å². The largest absolute Gasteiger partial charge is 0.352 e. The molecule has 4 fully saturated rings. The van der Waals surface area contributed by atoms with Crippen molar-refractivity contribution in [2.24, 2.45) is 23.7 Å². The zero-order valence-corrected chi connectivity index (χ0v) is 12.7. The highest BCUT2D eigenvalue weighted by atomic mass is 16.2. The molecule has 3 saturated carbocycles. The molecule has 2 bridgehead atoms. The second kappa shape index (κ2) is 5.29. The van der Waals surface area contributed by atoms with Gasteiger partial charge in [-0.25, -0.2) is 0 Å². The average Bonchev–Trinajstić information content (AvgIpc) is 3.13. The van der Waals surface area contributed by atoms with Gasteiger partial charge in [-0.05, 0) is 62.2 Å². The molecular formula is C17H26N2O2. The van der Waals surface area contributed by atoms with E-state index in [0.717, 1.165) is 43.1 Å². The number of hydrogen-bond acceptors (Lipinski definition) is 2. The third kappa shape index (κ3) is 2.36. The molecule has 0 aromatic carbocycles. The van der Waals surface area contributed by atoms with Crippen LogP contribution in [0.15, 0.2) is 0 Å². The number of piperidine rings is 1. The van der Waals surface area contributed by atoms with E-state index in [1.165, 1.54) is 32.1 Å². The SMILES string of the molecule is O=C(CN1CCCCC1=O)N[C@@H]1C[C@H]2C[C@H]1[C@H]1CCC[C@@H]21.